The first-order chi connectivity index (χ1) is 13.2. The number of pyridine rings is 2. The molecule has 27 heavy (non-hydrogen) atoms. The van der Waals surface area contributed by atoms with Gasteiger partial charge in [0.1, 0.15) is 5.65 Å². The summed E-state index contributed by atoms with van der Waals surface area (Å²) in [5.41, 5.74) is 3.48. The Morgan fingerprint density at radius 1 is 1.22 bits per heavy atom. The zero-order chi connectivity index (χ0) is 18.6. The van der Waals surface area contributed by atoms with Gasteiger partial charge in [0.2, 0.25) is 0 Å². The quantitative estimate of drug-likeness (QED) is 0.696. The Morgan fingerprint density at radius 2 is 2.15 bits per heavy atom. The van der Waals surface area contributed by atoms with Crippen molar-refractivity contribution in [1.82, 2.24) is 19.3 Å². The molecule has 0 spiro atoms. The van der Waals surface area contributed by atoms with Crippen LogP contribution < -0.4 is 5.56 Å². The van der Waals surface area contributed by atoms with Crippen LogP contribution >= 0.6 is 0 Å². The molecular weight excluding hydrogens is 340 g/mol. The van der Waals surface area contributed by atoms with Gasteiger partial charge in [-0.1, -0.05) is 12.1 Å². The van der Waals surface area contributed by atoms with Crippen molar-refractivity contribution in [3.63, 3.8) is 0 Å². The normalized spacial score (nSPS) is 18.0. The smallest absolute Gasteiger partial charge is 0.258 e. The maximum Gasteiger partial charge on any atom is 0.258 e. The van der Waals surface area contributed by atoms with Crippen LogP contribution in [0.25, 0.3) is 5.65 Å². The molecule has 1 atom stereocenters. The first-order valence-corrected chi connectivity index (χ1v) is 9.40. The molecule has 3 aromatic rings. The maximum absolute atomic E-state index is 12.4. The monoisotopic (exact) mass is 364 g/mol. The summed E-state index contributed by atoms with van der Waals surface area (Å²) in [5.74, 6) is 0. The fourth-order valence-electron chi connectivity index (χ4n) is 3.55. The van der Waals surface area contributed by atoms with Gasteiger partial charge in [0.25, 0.3) is 5.56 Å². The molecule has 1 unspecified atom stereocenters. The van der Waals surface area contributed by atoms with Gasteiger partial charge in [-0.05, 0) is 50.1 Å². The number of piperidine rings is 1. The van der Waals surface area contributed by atoms with Crippen molar-refractivity contribution < 1.29 is 4.74 Å². The highest BCUT2D eigenvalue weighted by Gasteiger charge is 2.21. The van der Waals surface area contributed by atoms with Crippen molar-refractivity contribution in [2.24, 2.45) is 0 Å². The molecule has 0 aromatic carbocycles. The summed E-state index contributed by atoms with van der Waals surface area (Å²) in [7, 11) is 0. The Bertz CT molecular complexity index is 971. The van der Waals surface area contributed by atoms with E-state index in [1.54, 1.807) is 16.7 Å². The summed E-state index contributed by atoms with van der Waals surface area (Å²) in [6.07, 6.45) is 5.94. The van der Waals surface area contributed by atoms with Gasteiger partial charge < -0.3 is 4.74 Å². The minimum absolute atomic E-state index is 0.0290. The molecule has 140 valence electrons. The highest BCUT2D eigenvalue weighted by molar-refractivity contribution is 5.39. The molecule has 6 heteroatoms. The number of hydrogen-bond acceptors (Lipinski definition) is 5. The van der Waals surface area contributed by atoms with E-state index in [4.69, 9.17) is 4.74 Å². The fourth-order valence-corrected chi connectivity index (χ4v) is 3.55. The van der Waals surface area contributed by atoms with Crippen LogP contribution in [0, 0.1) is 6.92 Å². The van der Waals surface area contributed by atoms with E-state index < -0.39 is 0 Å². The van der Waals surface area contributed by atoms with Gasteiger partial charge in [-0.2, -0.15) is 0 Å². The van der Waals surface area contributed by atoms with E-state index in [9.17, 15) is 4.79 Å². The number of likely N-dealkylation sites (tertiary alicyclic amines) is 1. The van der Waals surface area contributed by atoms with Crippen LogP contribution in [0.3, 0.4) is 0 Å². The van der Waals surface area contributed by atoms with Crippen LogP contribution in [-0.2, 0) is 17.9 Å². The number of aromatic nitrogens is 3. The molecule has 0 aliphatic carbocycles. The number of aryl methyl sites for hydroxylation is 1. The highest BCUT2D eigenvalue weighted by Crippen LogP contribution is 2.16. The van der Waals surface area contributed by atoms with E-state index in [1.807, 2.05) is 43.5 Å². The standard InChI is InChI=1S/C21H24N4O2/c1-16-7-8-20-23-18(11-21(26)25(20)12-16)13-24-10-4-6-19(14-24)27-15-17-5-2-3-9-22-17/h2-3,5,7-9,11-12,19H,4,6,10,13-15H2,1H3. The zero-order valence-electron chi connectivity index (χ0n) is 15.5. The Morgan fingerprint density at radius 3 is 3.00 bits per heavy atom. The lowest BCUT2D eigenvalue weighted by molar-refractivity contribution is -0.0135. The molecule has 0 bridgehead atoms. The van der Waals surface area contributed by atoms with E-state index in [0.29, 0.717) is 18.8 Å². The van der Waals surface area contributed by atoms with E-state index in [1.165, 1.54) is 0 Å². The minimum Gasteiger partial charge on any atom is -0.371 e. The van der Waals surface area contributed by atoms with Crippen LogP contribution in [-0.4, -0.2) is 38.5 Å². The third-order valence-electron chi connectivity index (χ3n) is 4.90. The highest BCUT2D eigenvalue weighted by atomic mass is 16.5. The largest absolute Gasteiger partial charge is 0.371 e. The number of fused-ring (bicyclic) bond motifs is 1. The second-order valence-electron chi connectivity index (χ2n) is 7.15. The lowest BCUT2D eigenvalue weighted by atomic mass is 10.1. The summed E-state index contributed by atoms with van der Waals surface area (Å²) in [4.78, 5) is 23.7. The molecule has 1 saturated heterocycles. The number of rotatable bonds is 5. The first kappa shape index (κ1) is 17.8. The number of nitrogens with zero attached hydrogens (tertiary/aromatic N) is 4. The molecular formula is C21H24N4O2. The second-order valence-corrected chi connectivity index (χ2v) is 7.15. The molecule has 1 fully saturated rings. The van der Waals surface area contributed by atoms with Crippen molar-refractivity contribution in [2.45, 2.75) is 39.0 Å². The maximum atomic E-state index is 12.4. The lowest BCUT2D eigenvalue weighted by Crippen LogP contribution is -2.39. The van der Waals surface area contributed by atoms with E-state index in [-0.39, 0.29) is 11.7 Å². The SMILES string of the molecule is Cc1ccc2nc(CN3CCCC(OCc4ccccn4)C3)cc(=O)n2c1. The summed E-state index contributed by atoms with van der Waals surface area (Å²) in [6.45, 7) is 5.02. The molecule has 6 nitrogen and oxygen atoms in total. The van der Waals surface area contributed by atoms with Gasteiger partial charge in [0.15, 0.2) is 0 Å². The van der Waals surface area contributed by atoms with E-state index in [0.717, 1.165) is 42.9 Å². The molecule has 0 saturated carbocycles. The summed E-state index contributed by atoms with van der Waals surface area (Å²) in [5, 5.41) is 0. The molecule has 0 N–H and O–H groups in total. The molecule has 1 aliphatic rings. The van der Waals surface area contributed by atoms with Crippen LogP contribution in [0.4, 0.5) is 0 Å². The third kappa shape index (κ3) is 4.40. The Balaban J connectivity index is 1.41. The zero-order valence-corrected chi connectivity index (χ0v) is 15.5. The third-order valence-corrected chi connectivity index (χ3v) is 4.90. The van der Waals surface area contributed by atoms with E-state index >= 15 is 0 Å². The van der Waals surface area contributed by atoms with Crippen molar-refractivity contribution in [1.29, 1.82) is 0 Å². The predicted octanol–water partition coefficient (Wildman–Crippen LogP) is 2.58. The van der Waals surface area contributed by atoms with Gasteiger partial charge in [-0.25, -0.2) is 4.98 Å². The van der Waals surface area contributed by atoms with Crippen molar-refractivity contribution in [2.75, 3.05) is 13.1 Å². The lowest BCUT2D eigenvalue weighted by Gasteiger charge is -2.32. The Hall–Kier alpha value is -2.57. The molecule has 4 rings (SSSR count). The Labute approximate surface area is 158 Å². The van der Waals surface area contributed by atoms with Crippen LogP contribution in [0.5, 0.6) is 0 Å². The first-order valence-electron chi connectivity index (χ1n) is 9.40. The topological polar surface area (TPSA) is 59.7 Å². The van der Waals surface area contributed by atoms with Gasteiger partial charge in [0, 0.05) is 31.5 Å². The molecule has 0 radical (unpaired) electrons. The fraction of sp³-hybridized carbons (Fsp3) is 0.381. The summed E-state index contributed by atoms with van der Waals surface area (Å²) in [6, 6.07) is 11.4. The predicted molar refractivity (Wildman–Crippen MR) is 104 cm³/mol. The van der Waals surface area contributed by atoms with Gasteiger partial charge in [-0.15, -0.1) is 0 Å². The number of hydrogen-bond donors (Lipinski definition) is 0. The number of ether oxygens (including phenoxy) is 1. The van der Waals surface area contributed by atoms with Crippen LogP contribution in [0.2, 0.25) is 0 Å². The van der Waals surface area contributed by atoms with Crippen molar-refractivity contribution in [3.8, 4) is 0 Å². The Kier molecular flexibility index (Phi) is 5.27. The van der Waals surface area contributed by atoms with Gasteiger partial charge in [0.05, 0.1) is 24.1 Å². The second kappa shape index (κ2) is 7.98. The molecule has 3 aromatic heterocycles. The molecule has 1 aliphatic heterocycles. The van der Waals surface area contributed by atoms with Crippen LogP contribution in [0.15, 0.2) is 53.6 Å². The molecule has 4 heterocycles. The minimum atomic E-state index is -0.0290. The van der Waals surface area contributed by atoms with E-state index in [2.05, 4.69) is 14.9 Å². The average Bonchev–Trinajstić information content (AvgIpc) is 2.68. The molecule has 0 amide bonds. The van der Waals surface area contributed by atoms with Crippen LogP contribution in [0.1, 0.15) is 29.8 Å². The van der Waals surface area contributed by atoms with Gasteiger partial charge >= 0.3 is 0 Å². The van der Waals surface area contributed by atoms with Crippen molar-refractivity contribution in [3.05, 3.63) is 76.1 Å². The van der Waals surface area contributed by atoms with Gasteiger partial charge in [-0.3, -0.25) is 19.1 Å². The van der Waals surface area contributed by atoms with Crippen molar-refractivity contribution >= 4 is 5.65 Å². The average molecular weight is 364 g/mol. The summed E-state index contributed by atoms with van der Waals surface area (Å²) < 4.78 is 7.66. The summed E-state index contributed by atoms with van der Waals surface area (Å²) >= 11 is 0.